The Bertz CT molecular complexity index is 409. The van der Waals surface area contributed by atoms with Crippen molar-refractivity contribution in [3.8, 4) is 0 Å². The summed E-state index contributed by atoms with van der Waals surface area (Å²) in [7, 11) is 0. The van der Waals surface area contributed by atoms with E-state index in [0.717, 1.165) is 25.5 Å². The number of anilines is 1. The van der Waals surface area contributed by atoms with Crippen LogP contribution >= 0.6 is 0 Å². The summed E-state index contributed by atoms with van der Waals surface area (Å²) in [6.45, 7) is 1.25. The minimum absolute atomic E-state index is 0.117. The fraction of sp³-hybridized carbons (Fsp3) is 0.500. The number of hydrogen-bond donors (Lipinski definition) is 1. The molecule has 18 heavy (non-hydrogen) atoms. The highest BCUT2D eigenvalue weighted by atomic mass is 19.4. The molecule has 0 radical (unpaired) electrons. The molecule has 1 saturated heterocycles. The van der Waals surface area contributed by atoms with Gasteiger partial charge in [-0.05, 0) is 31.0 Å². The summed E-state index contributed by atoms with van der Waals surface area (Å²) in [4.78, 5) is 6.65. The van der Waals surface area contributed by atoms with Gasteiger partial charge in [-0.15, -0.1) is 0 Å². The Labute approximate surface area is 103 Å². The highest BCUT2D eigenvalue weighted by Crippen LogP contribution is 2.32. The molecule has 1 aliphatic rings. The van der Waals surface area contributed by atoms with Crippen molar-refractivity contribution in [2.24, 2.45) is 5.90 Å². The van der Waals surface area contributed by atoms with Crippen molar-refractivity contribution in [1.29, 1.82) is 0 Å². The quantitative estimate of drug-likeness (QED) is 0.830. The third-order valence-electron chi connectivity index (χ3n) is 3.11. The normalized spacial score (nSPS) is 21.1. The van der Waals surface area contributed by atoms with E-state index in [2.05, 4.69) is 0 Å². The summed E-state index contributed by atoms with van der Waals surface area (Å²) in [5.74, 6) is 5.14. The van der Waals surface area contributed by atoms with Crippen LogP contribution in [0.1, 0.15) is 18.4 Å². The van der Waals surface area contributed by atoms with Crippen LogP contribution in [0.5, 0.6) is 0 Å². The Balaban J connectivity index is 2.18. The first-order valence-electron chi connectivity index (χ1n) is 5.78. The van der Waals surface area contributed by atoms with Crippen molar-refractivity contribution >= 4 is 5.69 Å². The lowest BCUT2D eigenvalue weighted by molar-refractivity contribution is -0.137. The number of hydrogen-bond acceptors (Lipinski definition) is 3. The molecule has 100 valence electrons. The van der Waals surface area contributed by atoms with E-state index in [1.807, 2.05) is 4.90 Å². The maximum absolute atomic E-state index is 12.6. The zero-order chi connectivity index (χ0) is 13.2. The molecule has 0 aromatic heterocycles. The van der Waals surface area contributed by atoms with Crippen LogP contribution in [0.3, 0.4) is 0 Å². The summed E-state index contributed by atoms with van der Waals surface area (Å²) in [6.07, 6.45) is -2.73. The van der Waals surface area contributed by atoms with Gasteiger partial charge >= 0.3 is 6.18 Å². The average molecular weight is 260 g/mol. The third kappa shape index (κ3) is 2.94. The first kappa shape index (κ1) is 13.2. The predicted octanol–water partition coefficient (Wildman–Crippen LogP) is 2.56. The molecule has 1 unspecified atom stereocenters. The summed E-state index contributed by atoms with van der Waals surface area (Å²) < 4.78 is 37.8. The van der Waals surface area contributed by atoms with Gasteiger partial charge in [0.25, 0.3) is 0 Å². The number of rotatable bonds is 2. The van der Waals surface area contributed by atoms with Gasteiger partial charge in [0.05, 0.1) is 11.7 Å². The van der Waals surface area contributed by atoms with E-state index in [-0.39, 0.29) is 6.10 Å². The molecule has 6 heteroatoms. The molecule has 2 rings (SSSR count). The van der Waals surface area contributed by atoms with E-state index in [1.165, 1.54) is 12.1 Å². The molecule has 1 heterocycles. The Morgan fingerprint density at radius 1 is 1.33 bits per heavy atom. The highest BCUT2D eigenvalue weighted by Gasteiger charge is 2.31. The fourth-order valence-electron chi connectivity index (χ4n) is 2.16. The minimum Gasteiger partial charge on any atom is -0.369 e. The number of alkyl halides is 3. The van der Waals surface area contributed by atoms with Crippen LogP contribution in [0.25, 0.3) is 0 Å². The summed E-state index contributed by atoms with van der Waals surface area (Å²) in [5, 5.41) is 0. The summed E-state index contributed by atoms with van der Waals surface area (Å²) in [5.41, 5.74) is -0.0673. The van der Waals surface area contributed by atoms with Crippen LogP contribution in [0.15, 0.2) is 24.3 Å². The van der Waals surface area contributed by atoms with Gasteiger partial charge in [-0.25, -0.2) is 5.90 Å². The predicted molar refractivity (Wildman–Crippen MR) is 62.0 cm³/mol. The SMILES string of the molecule is NOC1CCCN(c2cccc(C(F)(F)F)c2)C1. The van der Waals surface area contributed by atoms with E-state index in [9.17, 15) is 13.2 Å². The first-order valence-corrected chi connectivity index (χ1v) is 5.78. The Morgan fingerprint density at radius 2 is 2.11 bits per heavy atom. The maximum atomic E-state index is 12.6. The smallest absolute Gasteiger partial charge is 0.369 e. The largest absolute Gasteiger partial charge is 0.416 e. The van der Waals surface area contributed by atoms with Crippen molar-refractivity contribution in [3.05, 3.63) is 29.8 Å². The maximum Gasteiger partial charge on any atom is 0.416 e. The molecule has 1 fully saturated rings. The Morgan fingerprint density at radius 3 is 2.78 bits per heavy atom. The van der Waals surface area contributed by atoms with Gasteiger partial charge in [-0.3, -0.25) is 4.84 Å². The van der Waals surface area contributed by atoms with Gasteiger partial charge in [0.1, 0.15) is 0 Å². The van der Waals surface area contributed by atoms with Crippen LogP contribution in [0, 0.1) is 0 Å². The van der Waals surface area contributed by atoms with E-state index >= 15 is 0 Å². The van der Waals surface area contributed by atoms with Gasteiger partial charge in [0.15, 0.2) is 0 Å². The van der Waals surface area contributed by atoms with E-state index in [1.54, 1.807) is 6.07 Å². The molecular weight excluding hydrogens is 245 g/mol. The molecule has 0 amide bonds. The van der Waals surface area contributed by atoms with Crippen LogP contribution in [0.2, 0.25) is 0 Å². The van der Waals surface area contributed by atoms with E-state index < -0.39 is 11.7 Å². The van der Waals surface area contributed by atoms with Crippen molar-refractivity contribution in [3.63, 3.8) is 0 Å². The topological polar surface area (TPSA) is 38.5 Å². The molecule has 2 N–H and O–H groups in total. The molecule has 1 aromatic carbocycles. The lowest BCUT2D eigenvalue weighted by Gasteiger charge is -2.33. The molecule has 1 aromatic rings. The second kappa shape index (κ2) is 5.16. The van der Waals surface area contributed by atoms with Crippen LogP contribution in [-0.2, 0) is 11.0 Å². The van der Waals surface area contributed by atoms with E-state index in [4.69, 9.17) is 10.7 Å². The zero-order valence-corrected chi connectivity index (χ0v) is 9.78. The number of benzene rings is 1. The average Bonchev–Trinajstić information content (AvgIpc) is 2.38. The molecule has 0 spiro atoms. The highest BCUT2D eigenvalue weighted by molar-refractivity contribution is 5.49. The van der Waals surface area contributed by atoms with Gasteiger partial charge in [0, 0.05) is 18.8 Å². The van der Waals surface area contributed by atoms with Gasteiger partial charge in [0.2, 0.25) is 0 Å². The van der Waals surface area contributed by atoms with Crippen molar-refractivity contribution in [2.45, 2.75) is 25.1 Å². The second-order valence-electron chi connectivity index (χ2n) is 4.39. The molecule has 3 nitrogen and oxygen atoms in total. The zero-order valence-electron chi connectivity index (χ0n) is 9.78. The summed E-state index contributed by atoms with van der Waals surface area (Å²) >= 11 is 0. The number of nitrogens with zero attached hydrogens (tertiary/aromatic N) is 1. The molecule has 0 aliphatic carbocycles. The lowest BCUT2D eigenvalue weighted by atomic mass is 10.1. The van der Waals surface area contributed by atoms with Crippen molar-refractivity contribution in [1.82, 2.24) is 0 Å². The fourth-order valence-corrected chi connectivity index (χ4v) is 2.16. The van der Waals surface area contributed by atoms with E-state index in [0.29, 0.717) is 12.2 Å². The number of halogens is 3. The monoisotopic (exact) mass is 260 g/mol. The second-order valence-corrected chi connectivity index (χ2v) is 4.39. The van der Waals surface area contributed by atoms with Gasteiger partial charge in [-0.1, -0.05) is 6.07 Å². The Hall–Kier alpha value is -1.27. The number of nitrogens with two attached hydrogens (primary N) is 1. The van der Waals surface area contributed by atoms with Gasteiger partial charge < -0.3 is 4.90 Å². The van der Waals surface area contributed by atoms with Crippen molar-refractivity contribution < 1.29 is 18.0 Å². The molecule has 1 atom stereocenters. The van der Waals surface area contributed by atoms with Crippen LogP contribution in [0.4, 0.5) is 18.9 Å². The van der Waals surface area contributed by atoms with Crippen molar-refractivity contribution in [2.75, 3.05) is 18.0 Å². The Kier molecular flexibility index (Phi) is 3.77. The van der Waals surface area contributed by atoms with Crippen LogP contribution in [-0.4, -0.2) is 19.2 Å². The standard InChI is InChI=1S/C12H15F3N2O/c13-12(14,15)9-3-1-4-10(7-9)17-6-2-5-11(8-17)18-16/h1,3-4,7,11H,2,5-6,8,16H2. The van der Waals surface area contributed by atoms with Gasteiger partial charge in [-0.2, -0.15) is 13.2 Å². The molecule has 0 bridgehead atoms. The molecular formula is C12H15F3N2O. The number of piperidine rings is 1. The molecule has 1 aliphatic heterocycles. The molecule has 0 saturated carbocycles. The summed E-state index contributed by atoms with van der Waals surface area (Å²) in [6, 6.07) is 5.34. The first-order chi connectivity index (χ1) is 8.50. The lowest BCUT2D eigenvalue weighted by Crippen LogP contribution is -2.40. The third-order valence-corrected chi connectivity index (χ3v) is 3.11. The van der Waals surface area contributed by atoms with Crippen LogP contribution < -0.4 is 10.8 Å². The minimum atomic E-state index is -4.31.